The average Bonchev–Trinajstić information content (AvgIpc) is 2.68. The second kappa shape index (κ2) is 6.31. The molecule has 110 valence electrons. The number of nitrogens with one attached hydrogen (secondary N) is 1. The molecule has 2 N–H and O–H groups in total. The lowest BCUT2D eigenvalue weighted by atomic mass is 9.86. The van der Waals surface area contributed by atoms with Gasteiger partial charge in [0.1, 0.15) is 5.75 Å². The predicted octanol–water partition coefficient (Wildman–Crippen LogP) is 3.85. The highest BCUT2D eigenvalue weighted by Crippen LogP contribution is 2.35. The Morgan fingerprint density at radius 3 is 2.62 bits per heavy atom. The van der Waals surface area contributed by atoms with Gasteiger partial charge in [0.05, 0.1) is 0 Å². The Bertz CT molecular complexity index is 591. The number of fused-ring (bicyclic) bond motifs is 1. The molecule has 2 aromatic carbocycles. The van der Waals surface area contributed by atoms with Crippen molar-refractivity contribution in [1.82, 2.24) is 5.32 Å². The summed E-state index contributed by atoms with van der Waals surface area (Å²) < 4.78 is 0. The summed E-state index contributed by atoms with van der Waals surface area (Å²) in [6, 6.07) is 16.9. The molecule has 0 spiro atoms. The van der Waals surface area contributed by atoms with Gasteiger partial charge < -0.3 is 10.4 Å². The molecule has 1 aliphatic carbocycles. The summed E-state index contributed by atoms with van der Waals surface area (Å²) in [7, 11) is 2.07. The van der Waals surface area contributed by atoms with Crippen LogP contribution in [0.25, 0.3) is 0 Å². The van der Waals surface area contributed by atoms with E-state index in [1.807, 2.05) is 12.1 Å². The summed E-state index contributed by atoms with van der Waals surface area (Å²) in [4.78, 5) is 0. The van der Waals surface area contributed by atoms with Crippen molar-refractivity contribution < 1.29 is 5.11 Å². The average molecular weight is 281 g/mol. The molecule has 1 aliphatic rings. The Hall–Kier alpha value is -1.80. The molecule has 0 saturated heterocycles. The zero-order valence-corrected chi connectivity index (χ0v) is 12.5. The van der Waals surface area contributed by atoms with Gasteiger partial charge in [-0.2, -0.15) is 0 Å². The Labute approximate surface area is 126 Å². The molecule has 2 aromatic rings. The third-order valence-corrected chi connectivity index (χ3v) is 4.63. The molecule has 2 heteroatoms. The predicted molar refractivity (Wildman–Crippen MR) is 86.5 cm³/mol. The van der Waals surface area contributed by atoms with Crippen molar-refractivity contribution >= 4 is 0 Å². The number of hydrogen-bond donors (Lipinski definition) is 2. The minimum absolute atomic E-state index is 0.343. The van der Waals surface area contributed by atoms with Crippen molar-refractivity contribution in [3.8, 4) is 5.75 Å². The van der Waals surface area contributed by atoms with Gasteiger partial charge >= 0.3 is 0 Å². The number of phenolic OH excluding ortho intramolecular Hbond substituents is 1. The van der Waals surface area contributed by atoms with E-state index in [2.05, 4.69) is 36.6 Å². The Kier molecular flexibility index (Phi) is 4.26. The molecule has 0 saturated carbocycles. The largest absolute Gasteiger partial charge is 0.508 e. The van der Waals surface area contributed by atoms with Gasteiger partial charge in [0.25, 0.3) is 0 Å². The number of benzene rings is 2. The van der Waals surface area contributed by atoms with E-state index in [-0.39, 0.29) is 0 Å². The van der Waals surface area contributed by atoms with Gasteiger partial charge in [-0.05, 0) is 67.5 Å². The van der Waals surface area contributed by atoms with Gasteiger partial charge in [0, 0.05) is 6.04 Å². The molecule has 2 atom stereocenters. The summed E-state index contributed by atoms with van der Waals surface area (Å²) in [5, 5.41) is 13.0. The first-order chi connectivity index (χ1) is 10.3. The van der Waals surface area contributed by atoms with Crippen molar-refractivity contribution in [3.63, 3.8) is 0 Å². The van der Waals surface area contributed by atoms with Crippen LogP contribution in [0.15, 0.2) is 48.5 Å². The zero-order valence-electron chi connectivity index (χ0n) is 12.5. The number of phenols is 1. The van der Waals surface area contributed by atoms with Gasteiger partial charge in [-0.25, -0.2) is 0 Å². The quantitative estimate of drug-likeness (QED) is 0.838. The topological polar surface area (TPSA) is 32.3 Å². The van der Waals surface area contributed by atoms with Crippen LogP contribution in [0, 0.1) is 5.92 Å². The molecule has 2 unspecified atom stereocenters. The monoisotopic (exact) mass is 281 g/mol. The third-order valence-electron chi connectivity index (χ3n) is 4.63. The van der Waals surface area contributed by atoms with E-state index in [1.165, 1.54) is 36.0 Å². The third kappa shape index (κ3) is 3.11. The van der Waals surface area contributed by atoms with Crippen molar-refractivity contribution in [2.75, 3.05) is 7.05 Å². The van der Waals surface area contributed by atoms with E-state index in [4.69, 9.17) is 0 Å². The van der Waals surface area contributed by atoms with E-state index in [0.29, 0.717) is 17.7 Å². The second-order valence-electron chi connectivity index (χ2n) is 5.99. The number of aromatic hydroxyl groups is 1. The molecule has 0 fully saturated rings. The van der Waals surface area contributed by atoms with Crippen LogP contribution in [0.4, 0.5) is 0 Å². The maximum absolute atomic E-state index is 9.42. The van der Waals surface area contributed by atoms with Crippen LogP contribution in [0.2, 0.25) is 0 Å². The van der Waals surface area contributed by atoms with Crippen molar-refractivity contribution in [2.24, 2.45) is 5.92 Å². The van der Waals surface area contributed by atoms with Gasteiger partial charge in [-0.3, -0.25) is 0 Å². The molecule has 0 heterocycles. The summed E-state index contributed by atoms with van der Waals surface area (Å²) in [6.07, 6.45) is 4.72. The highest BCUT2D eigenvalue weighted by Gasteiger charge is 2.26. The highest BCUT2D eigenvalue weighted by atomic mass is 16.3. The fourth-order valence-corrected chi connectivity index (χ4v) is 3.59. The van der Waals surface area contributed by atoms with E-state index < -0.39 is 0 Å². The van der Waals surface area contributed by atoms with E-state index in [9.17, 15) is 5.11 Å². The van der Waals surface area contributed by atoms with Gasteiger partial charge in [0.15, 0.2) is 0 Å². The summed E-state index contributed by atoms with van der Waals surface area (Å²) in [5.41, 5.74) is 4.25. The molecule has 0 radical (unpaired) electrons. The van der Waals surface area contributed by atoms with Crippen LogP contribution in [-0.2, 0) is 12.8 Å². The number of rotatable bonds is 3. The molecule has 0 bridgehead atoms. The molecule has 0 amide bonds. The van der Waals surface area contributed by atoms with E-state index in [0.717, 1.165) is 6.42 Å². The summed E-state index contributed by atoms with van der Waals surface area (Å²) >= 11 is 0. The molecule has 3 rings (SSSR count). The molecule has 0 aromatic heterocycles. The van der Waals surface area contributed by atoms with Crippen molar-refractivity contribution in [1.29, 1.82) is 0 Å². The summed E-state index contributed by atoms with van der Waals surface area (Å²) in [5.74, 6) is 0.943. The minimum atomic E-state index is 0.343. The Morgan fingerprint density at radius 1 is 1.10 bits per heavy atom. The Morgan fingerprint density at radius 2 is 1.86 bits per heavy atom. The van der Waals surface area contributed by atoms with Crippen LogP contribution < -0.4 is 5.32 Å². The smallest absolute Gasteiger partial charge is 0.115 e. The fraction of sp³-hybridized carbons (Fsp3) is 0.368. The van der Waals surface area contributed by atoms with Crippen LogP contribution in [0.5, 0.6) is 5.75 Å². The lowest BCUT2D eigenvalue weighted by molar-refractivity contribution is 0.359. The minimum Gasteiger partial charge on any atom is -0.508 e. The molecule has 2 nitrogen and oxygen atoms in total. The molecular weight excluding hydrogens is 258 g/mol. The first kappa shape index (κ1) is 14.2. The standard InChI is InChI=1S/C19H23NO/c1-20-19-16(13-14-9-11-17(21)12-10-14)7-4-6-15-5-2-3-8-18(15)19/h2-3,5,8-12,16,19-21H,4,6-7,13H2,1H3. The second-order valence-corrected chi connectivity index (χ2v) is 5.99. The maximum atomic E-state index is 9.42. The van der Waals surface area contributed by atoms with Crippen LogP contribution in [0.3, 0.4) is 0 Å². The van der Waals surface area contributed by atoms with E-state index in [1.54, 1.807) is 12.1 Å². The van der Waals surface area contributed by atoms with Crippen LogP contribution >= 0.6 is 0 Å². The number of aryl methyl sites for hydroxylation is 1. The highest BCUT2D eigenvalue weighted by molar-refractivity contribution is 5.33. The SMILES string of the molecule is CNC1c2ccccc2CCCC1Cc1ccc(O)cc1. The first-order valence-corrected chi connectivity index (χ1v) is 7.81. The maximum Gasteiger partial charge on any atom is 0.115 e. The molecular formula is C19H23NO. The van der Waals surface area contributed by atoms with Crippen molar-refractivity contribution in [2.45, 2.75) is 31.7 Å². The Balaban J connectivity index is 1.86. The van der Waals surface area contributed by atoms with Gasteiger partial charge in [-0.15, -0.1) is 0 Å². The van der Waals surface area contributed by atoms with Gasteiger partial charge in [-0.1, -0.05) is 36.4 Å². The summed E-state index contributed by atoms with van der Waals surface area (Å²) in [6.45, 7) is 0. The lowest BCUT2D eigenvalue weighted by Crippen LogP contribution is -2.26. The van der Waals surface area contributed by atoms with Gasteiger partial charge in [0.2, 0.25) is 0 Å². The molecule has 0 aliphatic heterocycles. The number of hydrogen-bond acceptors (Lipinski definition) is 2. The first-order valence-electron chi connectivity index (χ1n) is 7.81. The van der Waals surface area contributed by atoms with Crippen LogP contribution in [-0.4, -0.2) is 12.2 Å². The van der Waals surface area contributed by atoms with E-state index >= 15 is 0 Å². The zero-order chi connectivity index (χ0) is 14.7. The normalized spacial score (nSPS) is 21.6. The van der Waals surface area contributed by atoms with Crippen molar-refractivity contribution in [3.05, 3.63) is 65.2 Å². The fourth-order valence-electron chi connectivity index (χ4n) is 3.59. The molecule has 21 heavy (non-hydrogen) atoms. The lowest BCUT2D eigenvalue weighted by Gasteiger charge is -2.26. The van der Waals surface area contributed by atoms with Crippen LogP contribution in [0.1, 0.15) is 35.6 Å².